The number of rotatable bonds is 4. The Hall–Kier alpha value is -1.82. The molecule has 1 aromatic rings. The van der Waals surface area contributed by atoms with E-state index in [1.807, 2.05) is 24.3 Å². The smallest absolute Gasteiger partial charge is 0.117 e. The van der Waals surface area contributed by atoms with E-state index in [2.05, 4.69) is 38.0 Å². The molecule has 1 aliphatic rings. The highest BCUT2D eigenvalue weighted by atomic mass is 16.5. The van der Waals surface area contributed by atoms with Gasteiger partial charge in [0.15, 0.2) is 0 Å². The normalized spacial score (nSPS) is 25.1. The minimum Gasteiger partial charge on any atom is -0.393 e. The molecule has 0 amide bonds. The molecule has 2 rings (SSSR count). The highest BCUT2D eigenvalue weighted by Gasteiger charge is 2.38. The van der Waals surface area contributed by atoms with Gasteiger partial charge in [0.25, 0.3) is 0 Å². The molecule has 2 unspecified atom stereocenters. The lowest BCUT2D eigenvalue weighted by atomic mass is 9.76. The van der Waals surface area contributed by atoms with E-state index in [9.17, 15) is 5.11 Å². The molecule has 0 saturated carbocycles. The molecule has 0 bridgehead atoms. The maximum atomic E-state index is 9.80. The van der Waals surface area contributed by atoms with Crippen molar-refractivity contribution in [3.05, 3.63) is 53.6 Å². The number of terminal acetylenes is 1. The van der Waals surface area contributed by atoms with Crippen molar-refractivity contribution in [3.8, 4) is 12.3 Å². The molecule has 0 radical (unpaired) electrons. The SMILES string of the molecule is C#CCOC1(CO)C=CC=C(c2ccccc2C)C1C. The van der Waals surface area contributed by atoms with Gasteiger partial charge in [0.05, 0.1) is 6.61 Å². The number of hydrogen-bond donors (Lipinski definition) is 1. The van der Waals surface area contributed by atoms with Crippen LogP contribution in [0.5, 0.6) is 0 Å². The average molecular weight is 268 g/mol. The molecule has 0 fully saturated rings. The number of aryl methyl sites for hydroxylation is 1. The highest BCUT2D eigenvalue weighted by molar-refractivity contribution is 5.73. The summed E-state index contributed by atoms with van der Waals surface area (Å²) in [6, 6.07) is 8.23. The summed E-state index contributed by atoms with van der Waals surface area (Å²) in [5.41, 5.74) is 2.83. The van der Waals surface area contributed by atoms with Gasteiger partial charge in [-0.3, -0.25) is 0 Å². The Morgan fingerprint density at radius 2 is 2.15 bits per heavy atom. The molecular formula is C18H20O2. The van der Waals surface area contributed by atoms with Crippen molar-refractivity contribution in [2.45, 2.75) is 19.4 Å². The lowest BCUT2D eigenvalue weighted by Crippen LogP contribution is -2.43. The second kappa shape index (κ2) is 6.09. The van der Waals surface area contributed by atoms with E-state index in [0.29, 0.717) is 0 Å². The maximum Gasteiger partial charge on any atom is 0.117 e. The Bertz CT molecular complexity index is 577. The third-order valence-electron chi connectivity index (χ3n) is 3.98. The summed E-state index contributed by atoms with van der Waals surface area (Å²) in [4.78, 5) is 0. The second-order valence-corrected chi connectivity index (χ2v) is 5.12. The van der Waals surface area contributed by atoms with Crippen molar-refractivity contribution in [3.63, 3.8) is 0 Å². The Morgan fingerprint density at radius 3 is 2.80 bits per heavy atom. The number of hydrogen-bond acceptors (Lipinski definition) is 2. The van der Waals surface area contributed by atoms with Crippen LogP contribution in [-0.2, 0) is 4.74 Å². The van der Waals surface area contributed by atoms with Crippen LogP contribution >= 0.6 is 0 Å². The highest BCUT2D eigenvalue weighted by Crippen LogP contribution is 2.39. The molecule has 0 aliphatic heterocycles. The Kier molecular flexibility index (Phi) is 4.44. The van der Waals surface area contributed by atoms with Gasteiger partial charge in [0, 0.05) is 5.92 Å². The third-order valence-corrected chi connectivity index (χ3v) is 3.98. The van der Waals surface area contributed by atoms with Crippen LogP contribution in [0.2, 0.25) is 0 Å². The number of allylic oxidation sites excluding steroid dienone is 2. The molecule has 0 heterocycles. The van der Waals surface area contributed by atoms with Crippen LogP contribution in [0.1, 0.15) is 18.1 Å². The molecule has 1 aliphatic carbocycles. The van der Waals surface area contributed by atoms with E-state index in [4.69, 9.17) is 11.2 Å². The Labute approximate surface area is 120 Å². The van der Waals surface area contributed by atoms with Crippen molar-refractivity contribution in [1.29, 1.82) is 0 Å². The third kappa shape index (κ3) is 2.56. The van der Waals surface area contributed by atoms with Crippen LogP contribution in [0.4, 0.5) is 0 Å². The fourth-order valence-electron chi connectivity index (χ4n) is 2.67. The van der Waals surface area contributed by atoms with E-state index >= 15 is 0 Å². The van der Waals surface area contributed by atoms with Crippen molar-refractivity contribution in [2.75, 3.05) is 13.2 Å². The summed E-state index contributed by atoms with van der Waals surface area (Å²) in [5.74, 6) is 2.51. The zero-order chi connectivity index (χ0) is 14.6. The van der Waals surface area contributed by atoms with Crippen molar-refractivity contribution in [2.24, 2.45) is 5.92 Å². The topological polar surface area (TPSA) is 29.5 Å². The van der Waals surface area contributed by atoms with Crippen molar-refractivity contribution >= 4 is 5.57 Å². The summed E-state index contributed by atoms with van der Waals surface area (Å²) in [7, 11) is 0. The number of benzene rings is 1. The van der Waals surface area contributed by atoms with Crippen molar-refractivity contribution in [1.82, 2.24) is 0 Å². The van der Waals surface area contributed by atoms with Crippen LogP contribution in [0, 0.1) is 25.2 Å². The van der Waals surface area contributed by atoms with Crippen LogP contribution < -0.4 is 0 Å². The summed E-state index contributed by atoms with van der Waals surface area (Å²) >= 11 is 0. The molecule has 104 valence electrons. The lowest BCUT2D eigenvalue weighted by Gasteiger charge is -2.38. The van der Waals surface area contributed by atoms with E-state index in [0.717, 1.165) is 5.57 Å². The minimum absolute atomic E-state index is 0.0342. The van der Waals surface area contributed by atoms with Crippen molar-refractivity contribution < 1.29 is 9.84 Å². The average Bonchev–Trinajstić information content (AvgIpc) is 2.47. The van der Waals surface area contributed by atoms with Gasteiger partial charge >= 0.3 is 0 Å². The van der Waals surface area contributed by atoms with E-state index < -0.39 is 5.60 Å². The monoisotopic (exact) mass is 268 g/mol. The maximum absolute atomic E-state index is 9.80. The zero-order valence-corrected chi connectivity index (χ0v) is 12.0. The summed E-state index contributed by atoms with van der Waals surface area (Å²) in [6.45, 7) is 4.25. The Balaban J connectivity index is 2.38. The number of aliphatic hydroxyl groups excluding tert-OH is 1. The fourth-order valence-corrected chi connectivity index (χ4v) is 2.67. The van der Waals surface area contributed by atoms with Gasteiger partial charge in [-0.25, -0.2) is 0 Å². The first-order valence-electron chi connectivity index (χ1n) is 6.78. The fraction of sp³-hybridized carbons (Fsp3) is 0.333. The molecule has 0 aromatic heterocycles. The van der Waals surface area contributed by atoms with Crippen LogP contribution in [-0.4, -0.2) is 23.9 Å². The van der Waals surface area contributed by atoms with Gasteiger partial charge in [-0.05, 0) is 29.7 Å². The molecule has 2 nitrogen and oxygen atoms in total. The van der Waals surface area contributed by atoms with Crippen LogP contribution in [0.15, 0.2) is 42.5 Å². The molecule has 20 heavy (non-hydrogen) atoms. The van der Waals surface area contributed by atoms with Gasteiger partial charge in [0.1, 0.15) is 12.2 Å². The van der Waals surface area contributed by atoms with E-state index in [1.54, 1.807) is 0 Å². The summed E-state index contributed by atoms with van der Waals surface area (Å²) < 4.78 is 5.76. The van der Waals surface area contributed by atoms with Crippen LogP contribution in [0.25, 0.3) is 5.57 Å². The first kappa shape index (κ1) is 14.6. The standard InChI is InChI=1S/C18H20O2/c1-4-12-20-18(13-19)11-7-10-17(15(18)3)16-9-6-5-8-14(16)2/h1,5-11,15,19H,12-13H2,2-3H3. The van der Waals surface area contributed by atoms with Gasteiger partial charge in [-0.1, -0.05) is 49.3 Å². The zero-order valence-electron chi connectivity index (χ0n) is 12.0. The molecular weight excluding hydrogens is 248 g/mol. The summed E-state index contributed by atoms with van der Waals surface area (Å²) in [6.07, 6.45) is 11.2. The predicted octanol–water partition coefficient (Wildman–Crippen LogP) is 2.97. The van der Waals surface area contributed by atoms with Crippen LogP contribution in [0.3, 0.4) is 0 Å². The van der Waals surface area contributed by atoms with Gasteiger partial charge in [0.2, 0.25) is 0 Å². The molecule has 0 spiro atoms. The molecule has 1 aromatic carbocycles. The van der Waals surface area contributed by atoms with Gasteiger partial charge in [-0.2, -0.15) is 0 Å². The van der Waals surface area contributed by atoms with E-state index in [-0.39, 0.29) is 19.1 Å². The predicted molar refractivity (Wildman–Crippen MR) is 82.1 cm³/mol. The largest absolute Gasteiger partial charge is 0.393 e. The molecule has 1 N–H and O–H groups in total. The number of ether oxygens (including phenoxy) is 1. The Morgan fingerprint density at radius 1 is 1.40 bits per heavy atom. The first-order valence-corrected chi connectivity index (χ1v) is 6.78. The molecule has 2 heteroatoms. The lowest BCUT2D eigenvalue weighted by molar-refractivity contribution is -0.0518. The molecule has 2 atom stereocenters. The van der Waals surface area contributed by atoms with Gasteiger partial charge < -0.3 is 9.84 Å². The quantitative estimate of drug-likeness (QED) is 0.851. The summed E-state index contributed by atoms with van der Waals surface area (Å²) in [5, 5.41) is 9.80. The first-order chi connectivity index (χ1) is 9.64. The van der Waals surface area contributed by atoms with E-state index in [1.165, 1.54) is 11.1 Å². The second-order valence-electron chi connectivity index (χ2n) is 5.12. The minimum atomic E-state index is -0.737. The number of aliphatic hydroxyl groups is 1. The van der Waals surface area contributed by atoms with Gasteiger partial charge in [-0.15, -0.1) is 6.42 Å². The molecule has 0 saturated heterocycles.